The van der Waals surface area contributed by atoms with Gasteiger partial charge in [-0.05, 0) is 46.0 Å². The third kappa shape index (κ3) is 5.27. The average Bonchev–Trinajstić information content (AvgIpc) is 2.20. The van der Waals surface area contributed by atoms with E-state index in [2.05, 4.69) is 20.7 Å². The summed E-state index contributed by atoms with van der Waals surface area (Å²) in [6.45, 7) is 6.04. The number of anilines is 2. The van der Waals surface area contributed by atoms with E-state index in [4.69, 9.17) is 5.73 Å². The van der Waals surface area contributed by atoms with Gasteiger partial charge in [-0.25, -0.2) is 8.42 Å². The van der Waals surface area contributed by atoms with Gasteiger partial charge in [-0.3, -0.25) is 4.72 Å². The summed E-state index contributed by atoms with van der Waals surface area (Å²) >= 11 is 3.26. The molecule has 0 aliphatic rings. The number of hydrogen-bond donors (Lipinski definition) is 2. The Labute approximate surface area is 117 Å². The summed E-state index contributed by atoms with van der Waals surface area (Å²) in [5.74, 6) is 0.104. The van der Waals surface area contributed by atoms with Crippen LogP contribution < -0.4 is 10.5 Å². The predicted molar refractivity (Wildman–Crippen MR) is 80.0 cm³/mol. The Bertz CT molecular complexity index is 521. The topological polar surface area (TPSA) is 72.2 Å². The molecule has 0 amide bonds. The monoisotopic (exact) mass is 334 g/mol. The van der Waals surface area contributed by atoms with Gasteiger partial charge in [0, 0.05) is 10.2 Å². The van der Waals surface area contributed by atoms with Crippen LogP contribution in [0.2, 0.25) is 0 Å². The zero-order valence-electron chi connectivity index (χ0n) is 10.8. The molecule has 102 valence electrons. The molecule has 4 nitrogen and oxygen atoms in total. The van der Waals surface area contributed by atoms with E-state index < -0.39 is 10.0 Å². The minimum atomic E-state index is -3.32. The van der Waals surface area contributed by atoms with Crippen molar-refractivity contribution in [3.63, 3.8) is 0 Å². The van der Waals surface area contributed by atoms with Crippen LogP contribution in [0.25, 0.3) is 0 Å². The van der Waals surface area contributed by atoms with Crippen LogP contribution in [0, 0.1) is 5.41 Å². The molecule has 0 spiro atoms. The normalized spacial score (nSPS) is 12.4. The molecule has 18 heavy (non-hydrogen) atoms. The summed E-state index contributed by atoms with van der Waals surface area (Å²) in [6, 6.07) is 4.99. The first-order chi connectivity index (χ1) is 8.09. The molecule has 0 unspecified atom stereocenters. The number of nitrogen functional groups attached to an aromatic ring is 1. The number of nitrogens with one attached hydrogen (secondary N) is 1. The highest BCUT2D eigenvalue weighted by molar-refractivity contribution is 9.10. The fraction of sp³-hybridized carbons (Fsp3) is 0.500. The van der Waals surface area contributed by atoms with Crippen molar-refractivity contribution in [3.05, 3.63) is 22.7 Å². The van der Waals surface area contributed by atoms with Crippen molar-refractivity contribution in [3.8, 4) is 0 Å². The standard InChI is InChI=1S/C12H19BrN2O2S/c1-12(2,3)6-7-18(16,17)15-9-4-5-10(13)11(14)8-9/h4-5,8,15H,6-7,14H2,1-3H3. The highest BCUT2D eigenvalue weighted by Crippen LogP contribution is 2.24. The molecule has 0 aliphatic heterocycles. The maximum atomic E-state index is 11.9. The van der Waals surface area contributed by atoms with E-state index in [1.165, 1.54) is 0 Å². The predicted octanol–water partition coefficient (Wildman–Crippen LogP) is 3.21. The second-order valence-corrected chi connectivity index (χ2v) is 8.16. The molecule has 0 bridgehead atoms. The van der Waals surface area contributed by atoms with Gasteiger partial charge in [-0.1, -0.05) is 20.8 Å². The van der Waals surface area contributed by atoms with Crippen molar-refractivity contribution >= 4 is 37.3 Å². The van der Waals surface area contributed by atoms with Crippen molar-refractivity contribution in [2.24, 2.45) is 5.41 Å². The largest absolute Gasteiger partial charge is 0.398 e. The lowest BCUT2D eigenvalue weighted by atomic mass is 9.94. The molecule has 0 aliphatic carbocycles. The first-order valence-electron chi connectivity index (χ1n) is 5.65. The third-order valence-electron chi connectivity index (χ3n) is 2.39. The Balaban J connectivity index is 2.74. The summed E-state index contributed by atoms with van der Waals surface area (Å²) in [7, 11) is -3.32. The second-order valence-electron chi connectivity index (χ2n) is 5.47. The first-order valence-corrected chi connectivity index (χ1v) is 8.09. The Morgan fingerprint density at radius 2 is 1.94 bits per heavy atom. The third-order valence-corrected chi connectivity index (χ3v) is 4.40. The van der Waals surface area contributed by atoms with E-state index in [1.54, 1.807) is 18.2 Å². The fourth-order valence-electron chi connectivity index (χ4n) is 1.28. The van der Waals surface area contributed by atoms with E-state index in [0.29, 0.717) is 17.8 Å². The van der Waals surface area contributed by atoms with E-state index in [9.17, 15) is 8.42 Å². The molecule has 3 N–H and O–H groups in total. The van der Waals surface area contributed by atoms with Gasteiger partial charge in [-0.2, -0.15) is 0 Å². The average molecular weight is 335 g/mol. The first kappa shape index (κ1) is 15.3. The lowest BCUT2D eigenvalue weighted by molar-refractivity contribution is 0.397. The minimum Gasteiger partial charge on any atom is -0.398 e. The van der Waals surface area contributed by atoms with Gasteiger partial charge in [0.2, 0.25) is 10.0 Å². The molecule has 0 atom stereocenters. The Morgan fingerprint density at radius 1 is 1.33 bits per heavy atom. The second kappa shape index (κ2) is 5.48. The zero-order chi connectivity index (χ0) is 14.0. The smallest absolute Gasteiger partial charge is 0.232 e. The molecular weight excluding hydrogens is 316 g/mol. The highest BCUT2D eigenvalue weighted by Gasteiger charge is 2.17. The molecule has 0 aromatic heterocycles. The fourth-order valence-corrected chi connectivity index (χ4v) is 2.99. The van der Waals surface area contributed by atoms with Gasteiger partial charge in [-0.15, -0.1) is 0 Å². The Morgan fingerprint density at radius 3 is 2.44 bits per heavy atom. The van der Waals surface area contributed by atoms with E-state index in [-0.39, 0.29) is 11.2 Å². The molecule has 1 aromatic carbocycles. The number of nitrogens with two attached hydrogens (primary N) is 1. The Kier molecular flexibility index (Phi) is 4.66. The molecule has 0 saturated carbocycles. The van der Waals surface area contributed by atoms with Crippen molar-refractivity contribution in [1.29, 1.82) is 0 Å². The molecule has 0 radical (unpaired) electrons. The van der Waals surface area contributed by atoms with Gasteiger partial charge in [0.25, 0.3) is 0 Å². The van der Waals surface area contributed by atoms with E-state index >= 15 is 0 Å². The minimum absolute atomic E-state index is 0.00645. The van der Waals surface area contributed by atoms with Gasteiger partial charge in [0.1, 0.15) is 0 Å². The van der Waals surface area contributed by atoms with Gasteiger partial charge in [0.05, 0.1) is 11.4 Å². The molecule has 0 heterocycles. The van der Waals surface area contributed by atoms with Crippen LogP contribution in [-0.2, 0) is 10.0 Å². The SMILES string of the molecule is CC(C)(C)CCS(=O)(=O)Nc1ccc(Br)c(N)c1. The van der Waals surface area contributed by atoms with Crippen LogP contribution in [0.5, 0.6) is 0 Å². The summed E-state index contributed by atoms with van der Waals surface area (Å²) in [4.78, 5) is 0. The maximum Gasteiger partial charge on any atom is 0.232 e. The van der Waals surface area contributed by atoms with Crippen LogP contribution in [0.3, 0.4) is 0 Å². The van der Waals surface area contributed by atoms with Crippen molar-refractivity contribution in [2.75, 3.05) is 16.2 Å². The van der Waals surface area contributed by atoms with Crippen LogP contribution >= 0.6 is 15.9 Å². The summed E-state index contributed by atoms with van der Waals surface area (Å²) in [6.07, 6.45) is 0.605. The molecular formula is C12H19BrN2O2S. The van der Waals surface area contributed by atoms with Gasteiger partial charge >= 0.3 is 0 Å². The molecule has 1 rings (SSSR count). The zero-order valence-corrected chi connectivity index (χ0v) is 13.2. The van der Waals surface area contributed by atoms with Gasteiger partial charge < -0.3 is 5.73 Å². The Hall–Kier alpha value is -0.750. The van der Waals surface area contributed by atoms with Crippen molar-refractivity contribution < 1.29 is 8.42 Å². The lowest BCUT2D eigenvalue weighted by Crippen LogP contribution is -2.20. The number of halogens is 1. The van der Waals surface area contributed by atoms with Crippen LogP contribution in [0.1, 0.15) is 27.2 Å². The quantitative estimate of drug-likeness (QED) is 0.830. The number of rotatable bonds is 4. The van der Waals surface area contributed by atoms with Gasteiger partial charge in [0.15, 0.2) is 0 Å². The number of benzene rings is 1. The van der Waals surface area contributed by atoms with Crippen molar-refractivity contribution in [2.45, 2.75) is 27.2 Å². The lowest BCUT2D eigenvalue weighted by Gasteiger charge is -2.18. The number of hydrogen-bond acceptors (Lipinski definition) is 3. The molecule has 1 aromatic rings. The maximum absolute atomic E-state index is 11.9. The van der Waals surface area contributed by atoms with Crippen LogP contribution in [0.15, 0.2) is 22.7 Å². The van der Waals surface area contributed by atoms with E-state index in [0.717, 1.165) is 4.47 Å². The highest BCUT2D eigenvalue weighted by atomic mass is 79.9. The molecule has 0 fully saturated rings. The number of sulfonamides is 1. The summed E-state index contributed by atoms with van der Waals surface area (Å²) in [5.41, 5.74) is 6.69. The summed E-state index contributed by atoms with van der Waals surface area (Å²) < 4.78 is 27.0. The van der Waals surface area contributed by atoms with E-state index in [1.807, 2.05) is 20.8 Å². The van der Waals surface area contributed by atoms with Crippen LogP contribution in [0.4, 0.5) is 11.4 Å². The summed E-state index contributed by atoms with van der Waals surface area (Å²) in [5, 5.41) is 0. The molecule has 0 saturated heterocycles. The van der Waals surface area contributed by atoms with Crippen LogP contribution in [-0.4, -0.2) is 14.2 Å². The molecule has 6 heteroatoms. The van der Waals surface area contributed by atoms with Crippen molar-refractivity contribution in [1.82, 2.24) is 0 Å².